The van der Waals surface area contributed by atoms with Crippen molar-refractivity contribution in [1.82, 2.24) is 0 Å². The second-order valence-electron chi connectivity index (χ2n) is 8.53. The van der Waals surface area contributed by atoms with Gasteiger partial charge in [0.05, 0.1) is 24.7 Å². The Labute approximate surface area is 203 Å². The normalized spacial score (nSPS) is 12.4. The molecule has 0 amide bonds. The van der Waals surface area contributed by atoms with Crippen molar-refractivity contribution in [3.8, 4) is 16.9 Å². The highest BCUT2D eigenvalue weighted by molar-refractivity contribution is 5.90. The molecule has 0 bridgehead atoms. The summed E-state index contributed by atoms with van der Waals surface area (Å²) in [4.78, 5) is 12.2. The number of ether oxygens (including phenoxy) is 2. The Morgan fingerprint density at radius 2 is 1.51 bits per heavy atom. The summed E-state index contributed by atoms with van der Waals surface area (Å²) in [7, 11) is 0. The van der Waals surface area contributed by atoms with E-state index < -0.39 is 48.3 Å². The Kier molecular flexibility index (Phi) is 11.5. The van der Waals surface area contributed by atoms with Crippen LogP contribution in [-0.2, 0) is 4.74 Å². The lowest BCUT2D eigenvalue weighted by Gasteiger charge is -2.20. The van der Waals surface area contributed by atoms with Crippen LogP contribution in [0.1, 0.15) is 75.6 Å². The topological polar surface area (TPSA) is 35.5 Å². The molecule has 0 aliphatic carbocycles. The Hall–Kier alpha value is -2.64. The van der Waals surface area contributed by atoms with Gasteiger partial charge in [-0.05, 0) is 43.0 Å². The van der Waals surface area contributed by atoms with Gasteiger partial charge in [-0.3, -0.25) is 0 Å². The molecule has 3 nitrogen and oxygen atoms in total. The van der Waals surface area contributed by atoms with Gasteiger partial charge in [0.15, 0.2) is 11.6 Å². The van der Waals surface area contributed by atoms with E-state index in [1.165, 1.54) is 6.07 Å². The van der Waals surface area contributed by atoms with E-state index in [2.05, 4.69) is 0 Å². The van der Waals surface area contributed by atoms with Gasteiger partial charge >= 0.3 is 12.1 Å². The van der Waals surface area contributed by atoms with Crippen LogP contribution in [0.5, 0.6) is 5.75 Å². The fraction of sp³-hybridized carbons (Fsp3) is 0.519. The molecular formula is C27H33F5O3. The molecule has 1 unspecified atom stereocenters. The molecule has 8 heteroatoms. The summed E-state index contributed by atoms with van der Waals surface area (Å²) in [5, 5.41) is 0. The summed E-state index contributed by atoms with van der Waals surface area (Å²) in [5.74, 6) is -4.83. The minimum Gasteiger partial charge on any atom is -0.494 e. The molecule has 0 N–H and O–H groups in total. The third-order valence-electron chi connectivity index (χ3n) is 5.80. The Balaban J connectivity index is 2.00. The van der Waals surface area contributed by atoms with E-state index in [1.807, 2.05) is 13.8 Å². The van der Waals surface area contributed by atoms with E-state index in [0.717, 1.165) is 31.7 Å². The van der Waals surface area contributed by atoms with E-state index in [1.54, 1.807) is 24.3 Å². The number of rotatable bonds is 14. The maximum Gasteiger partial charge on any atom is 0.391 e. The lowest BCUT2D eigenvalue weighted by Crippen LogP contribution is -2.25. The standard InChI is InChI=1S/C27H33F5O3/c1-3-5-7-8-9-20(27(30,31)32)16-18-35-26(33)23-15-14-22(24(28)25(23)29)19-10-12-21(13-11-19)34-17-6-4-2/h10-15,20H,3-9,16-18H2,1-2H3. The third-order valence-corrected chi connectivity index (χ3v) is 5.80. The number of hydrogen-bond donors (Lipinski definition) is 0. The molecule has 0 aromatic heterocycles. The van der Waals surface area contributed by atoms with Crippen LogP contribution < -0.4 is 4.74 Å². The number of benzene rings is 2. The number of unbranched alkanes of at least 4 members (excludes halogenated alkanes) is 4. The van der Waals surface area contributed by atoms with Crippen molar-refractivity contribution in [3.63, 3.8) is 0 Å². The second-order valence-corrected chi connectivity index (χ2v) is 8.53. The number of carbonyl (C=O) groups excluding carboxylic acids is 1. The number of halogens is 5. The summed E-state index contributed by atoms with van der Waals surface area (Å²) < 4.78 is 79.5. The van der Waals surface area contributed by atoms with Crippen molar-refractivity contribution in [1.29, 1.82) is 0 Å². The van der Waals surface area contributed by atoms with Crippen LogP contribution in [0, 0.1) is 17.6 Å². The van der Waals surface area contributed by atoms with Crippen molar-refractivity contribution in [2.24, 2.45) is 5.92 Å². The maximum absolute atomic E-state index is 14.7. The smallest absolute Gasteiger partial charge is 0.391 e. The predicted molar refractivity (Wildman–Crippen MR) is 125 cm³/mol. The SMILES string of the molecule is CCCCCCC(CCOC(=O)c1ccc(-c2ccc(OCCCC)cc2)c(F)c1F)C(F)(F)F. The van der Waals surface area contributed by atoms with E-state index in [9.17, 15) is 26.7 Å². The summed E-state index contributed by atoms with van der Waals surface area (Å²) in [6, 6.07) is 8.76. The average Bonchev–Trinajstić information content (AvgIpc) is 2.82. The molecule has 0 aliphatic rings. The molecule has 0 spiro atoms. The zero-order chi connectivity index (χ0) is 25.8. The van der Waals surface area contributed by atoms with Crippen molar-refractivity contribution < 1.29 is 36.2 Å². The van der Waals surface area contributed by atoms with Gasteiger partial charge in [-0.1, -0.05) is 64.2 Å². The molecule has 0 saturated carbocycles. The first kappa shape index (κ1) is 28.6. The van der Waals surface area contributed by atoms with E-state index in [-0.39, 0.29) is 12.0 Å². The lowest BCUT2D eigenvalue weighted by atomic mass is 9.97. The second kappa shape index (κ2) is 14.0. The highest BCUT2D eigenvalue weighted by atomic mass is 19.4. The highest BCUT2D eigenvalue weighted by Crippen LogP contribution is 2.33. The number of esters is 1. The van der Waals surface area contributed by atoms with Gasteiger partial charge in [0.1, 0.15) is 5.75 Å². The summed E-state index contributed by atoms with van der Waals surface area (Å²) in [5.41, 5.74) is -0.319. The Morgan fingerprint density at radius 3 is 2.14 bits per heavy atom. The van der Waals surface area contributed by atoms with Crippen LogP contribution >= 0.6 is 0 Å². The first-order valence-corrected chi connectivity index (χ1v) is 12.1. The van der Waals surface area contributed by atoms with Gasteiger partial charge in [0.2, 0.25) is 0 Å². The van der Waals surface area contributed by atoms with Crippen LogP contribution in [0.3, 0.4) is 0 Å². The monoisotopic (exact) mass is 500 g/mol. The minimum atomic E-state index is -4.41. The minimum absolute atomic E-state index is 0.0524. The first-order chi connectivity index (χ1) is 16.7. The summed E-state index contributed by atoms with van der Waals surface area (Å²) in [6.07, 6.45) is -0.0986. The molecular weight excluding hydrogens is 467 g/mol. The fourth-order valence-electron chi connectivity index (χ4n) is 3.66. The lowest BCUT2D eigenvalue weighted by molar-refractivity contribution is -0.180. The molecule has 0 saturated heterocycles. The van der Waals surface area contributed by atoms with Gasteiger partial charge in [0.25, 0.3) is 0 Å². The van der Waals surface area contributed by atoms with Crippen molar-refractivity contribution in [2.45, 2.75) is 71.4 Å². The van der Waals surface area contributed by atoms with Crippen molar-refractivity contribution in [2.75, 3.05) is 13.2 Å². The van der Waals surface area contributed by atoms with Crippen LogP contribution in [0.25, 0.3) is 11.1 Å². The van der Waals surface area contributed by atoms with E-state index >= 15 is 0 Å². The number of carbonyl (C=O) groups is 1. The highest BCUT2D eigenvalue weighted by Gasteiger charge is 2.38. The summed E-state index contributed by atoms with van der Waals surface area (Å²) in [6.45, 7) is 4.03. The van der Waals surface area contributed by atoms with Gasteiger partial charge in [-0.2, -0.15) is 13.2 Å². The molecule has 35 heavy (non-hydrogen) atoms. The van der Waals surface area contributed by atoms with Crippen LogP contribution in [-0.4, -0.2) is 25.4 Å². The third kappa shape index (κ3) is 8.82. The largest absolute Gasteiger partial charge is 0.494 e. The van der Waals surface area contributed by atoms with Gasteiger partial charge < -0.3 is 9.47 Å². The zero-order valence-corrected chi connectivity index (χ0v) is 20.2. The van der Waals surface area contributed by atoms with Crippen LogP contribution in [0.4, 0.5) is 22.0 Å². The van der Waals surface area contributed by atoms with Crippen molar-refractivity contribution >= 4 is 5.97 Å². The molecule has 0 radical (unpaired) electrons. The van der Waals surface area contributed by atoms with Crippen LogP contribution in [0.15, 0.2) is 36.4 Å². The first-order valence-electron chi connectivity index (χ1n) is 12.1. The molecule has 2 aromatic carbocycles. The number of alkyl halides is 3. The van der Waals surface area contributed by atoms with Gasteiger partial charge in [0, 0.05) is 5.56 Å². The van der Waals surface area contributed by atoms with Crippen molar-refractivity contribution in [3.05, 3.63) is 53.6 Å². The molecule has 2 rings (SSSR count). The van der Waals surface area contributed by atoms with E-state index in [4.69, 9.17) is 9.47 Å². The van der Waals surface area contributed by atoms with Gasteiger partial charge in [-0.25, -0.2) is 13.6 Å². The molecule has 0 aliphatic heterocycles. The maximum atomic E-state index is 14.7. The predicted octanol–water partition coefficient (Wildman–Crippen LogP) is 8.51. The average molecular weight is 501 g/mol. The molecule has 0 fully saturated rings. The quantitative estimate of drug-likeness (QED) is 0.148. The summed E-state index contributed by atoms with van der Waals surface area (Å²) >= 11 is 0. The Morgan fingerprint density at radius 1 is 0.829 bits per heavy atom. The molecule has 0 heterocycles. The molecule has 194 valence electrons. The van der Waals surface area contributed by atoms with Crippen LogP contribution in [0.2, 0.25) is 0 Å². The number of hydrogen-bond acceptors (Lipinski definition) is 3. The van der Waals surface area contributed by atoms with E-state index in [0.29, 0.717) is 30.8 Å². The fourth-order valence-corrected chi connectivity index (χ4v) is 3.66. The molecule has 1 atom stereocenters. The zero-order valence-electron chi connectivity index (χ0n) is 20.2. The van der Waals surface area contributed by atoms with Gasteiger partial charge in [-0.15, -0.1) is 0 Å². The molecule has 2 aromatic rings. The Bertz CT molecular complexity index is 926.